The summed E-state index contributed by atoms with van der Waals surface area (Å²) in [5.74, 6) is -0.334. The number of anilines is 1. The number of carbonyl (C=O) groups is 1. The monoisotopic (exact) mass is 211 g/mol. The van der Waals surface area contributed by atoms with E-state index in [1.807, 2.05) is 0 Å². The van der Waals surface area contributed by atoms with Gasteiger partial charge in [0.1, 0.15) is 0 Å². The van der Waals surface area contributed by atoms with Crippen LogP contribution in [0, 0.1) is 0 Å². The van der Waals surface area contributed by atoms with Gasteiger partial charge in [-0.3, -0.25) is 4.79 Å². The highest BCUT2D eigenvalue weighted by atomic mass is 16.5. The highest BCUT2D eigenvalue weighted by Crippen LogP contribution is 2.13. The first kappa shape index (κ1) is 7.70. The number of nitrogens with one attached hydrogen (secondary N) is 2. The van der Waals surface area contributed by atoms with Crippen LogP contribution in [0.5, 0.6) is 0 Å². The molecule has 1 aromatic rings. The summed E-state index contributed by atoms with van der Waals surface area (Å²) in [7, 11) is 1.54. The van der Waals surface area contributed by atoms with Gasteiger partial charge in [-0.1, -0.05) is 12.1 Å². The van der Waals surface area contributed by atoms with E-state index in [-0.39, 0.29) is 11.6 Å². The SMILES string of the molecule is [2H]C([2H])([2H])Nc1ccccc1C(=O)NCCOC. The van der Waals surface area contributed by atoms with Crippen LogP contribution in [0.3, 0.4) is 0 Å². The second kappa shape index (κ2) is 6.03. The lowest BCUT2D eigenvalue weighted by molar-refractivity contribution is 0.0938. The minimum absolute atomic E-state index is 0.285. The summed E-state index contributed by atoms with van der Waals surface area (Å²) >= 11 is 0. The van der Waals surface area contributed by atoms with Crippen LogP contribution in [0.1, 0.15) is 14.5 Å². The number of ether oxygens (including phenoxy) is 1. The fraction of sp³-hybridized carbons (Fsp3) is 0.364. The molecule has 0 bridgehead atoms. The number of amides is 1. The van der Waals surface area contributed by atoms with Crippen molar-refractivity contribution in [1.29, 1.82) is 0 Å². The fourth-order valence-electron chi connectivity index (χ4n) is 1.15. The van der Waals surface area contributed by atoms with Crippen LogP contribution in [0.2, 0.25) is 0 Å². The summed E-state index contributed by atoms with van der Waals surface area (Å²) in [5.41, 5.74) is 0.581. The molecule has 1 amide bonds. The van der Waals surface area contributed by atoms with E-state index in [0.29, 0.717) is 18.7 Å². The molecule has 1 aromatic carbocycles. The zero-order chi connectivity index (χ0) is 13.6. The Balaban J connectivity index is 2.78. The molecular formula is C11H16N2O2. The predicted octanol–water partition coefficient (Wildman–Crippen LogP) is 1.10. The lowest BCUT2D eigenvalue weighted by Crippen LogP contribution is -2.27. The maximum atomic E-state index is 11.8. The van der Waals surface area contributed by atoms with Gasteiger partial charge in [0.15, 0.2) is 0 Å². The van der Waals surface area contributed by atoms with Gasteiger partial charge in [0, 0.05) is 30.4 Å². The van der Waals surface area contributed by atoms with E-state index in [1.165, 1.54) is 7.11 Å². The zero-order valence-electron chi connectivity index (χ0n) is 11.5. The van der Waals surface area contributed by atoms with Crippen molar-refractivity contribution in [2.24, 2.45) is 0 Å². The summed E-state index contributed by atoms with van der Waals surface area (Å²) in [6.07, 6.45) is 0. The minimum Gasteiger partial charge on any atom is -0.387 e. The average Bonchev–Trinajstić information content (AvgIpc) is 2.27. The summed E-state index contributed by atoms with van der Waals surface area (Å²) in [4.78, 5) is 11.8. The van der Waals surface area contributed by atoms with Gasteiger partial charge in [-0.2, -0.15) is 0 Å². The van der Waals surface area contributed by atoms with E-state index in [0.717, 1.165) is 0 Å². The van der Waals surface area contributed by atoms with E-state index >= 15 is 0 Å². The van der Waals surface area contributed by atoms with Crippen molar-refractivity contribution >= 4 is 11.6 Å². The number of hydrogen-bond acceptors (Lipinski definition) is 3. The molecule has 0 unspecified atom stereocenters. The highest BCUT2D eigenvalue weighted by molar-refractivity contribution is 5.99. The third-order valence-corrected chi connectivity index (χ3v) is 1.90. The molecule has 0 aliphatic carbocycles. The second-order valence-electron chi connectivity index (χ2n) is 2.92. The Hall–Kier alpha value is -1.55. The summed E-state index contributed by atoms with van der Waals surface area (Å²) < 4.78 is 26.3. The topological polar surface area (TPSA) is 50.4 Å². The third kappa shape index (κ3) is 3.25. The molecule has 0 fully saturated rings. The van der Waals surface area contributed by atoms with Crippen molar-refractivity contribution in [2.45, 2.75) is 0 Å². The number of para-hydroxylation sites is 1. The summed E-state index contributed by atoms with van der Waals surface area (Å²) in [6, 6.07) is 6.46. The van der Waals surface area contributed by atoms with Crippen molar-refractivity contribution in [3.8, 4) is 0 Å². The van der Waals surface area contributed by atoms with Gasteiger partial charge in [-0.05, 0) is 12.1 Å². The first-order chi connectivity index (χ1) is 8.44. The average molecular weight is 211 g/mol. The molecule has 0 saturated carbocycles. The Morgan fingerprint density at radius 2 is 2.33 bits per heavy atom. The Labute approximate surface area is 93.8 Å². The van der Waals surface area contributed by atoms with Crippen LogP contribution in [0.4, 0.5) is 5.69 Å². The van der Waals surface area contributed by atoms with Crippen LogP contribution in [-0.2, 0) is 4.74 Å². The van der Waals surface area contributed by atoms with Crippen LogP contribution in [-0.4, -0.2) is 33.1 Å². The highest BCUT2D eigenvalue weighted by Gasteiger charge is 2.08. The van der Waals surface area contributed by atoms with E-state index in [1.54, 1.807) is 24.3 Å². The van der Waals surface area contributed by atoms with E-state index < -0.39 is 6.98 Å². The third-order valence-electron chi connectivity index (χ3n) is 1.90. The van der Waals surface area contributed by atoms with Crippen LogP contribution < -0.4 is 10.6 Å². The van der Waals surface area contributed by atoms with Gasteiger partial charge in [0.25, 0.3) is 5.91 Å². The van der Waals surface area contributed by atoms with Gasteiger partial charge < -0.3 is 15.4 Å². The Kier molecular flexibility index (Phi) is 3.10. The molecule has 0 aromatic heterocycles. The van der Waals surface area contributed by atoms with Gasteiger partial charge >= 0.3 is 0 Å². The van der Waals surface area contributed by atoms with Gasteiger partial charge in [0.05, 0.1) is 12.2 Å². The number of rotatable bonds is 5. The van der Waals surface area contributed by atoms with E-state index in [9.17, 15) is 4.79 Å². The van der Waals surface area contributed by atoms with Crippen LogP contribution >= 0.6 is 0 Å². The van der Waals surface area contributed by atoms with Crippen molar-refractivity contribution in [2.75, 3.05) is 32.6 Å². The number of carbonyl (C=O) groups excluding carboxylic acids is 1. The fourth-order valence-corrected chi connectivity index (χ4v) is 1.15. The Morgan fingerprint density at radius 1 is 1.53 bits per heavy atom. The van der Waals surface area contributed by atoms with Crippen LogP contribution in [0.25, 0.3) is 0 Å². The zero-order valence-corrected chi connectivity index (χ0v) is 8.54. The van der Waals surface area contributed by atoms with Gasteiger partial charge in [0.2, 0.25) is 0 Å². The number of hydrogen-bond donors (Lipinski definition) is 2. The van der Waals surface area contributed by atoms with Crippen LogP contribution in [0.15, 0.2) is 24.3 Å². The molecule has 2 N–H and O–H groups in total. The van der Waals surface area contributed by atoms with Gasteiger partial charge in [-0.25, -0.2) is 0 Å². The molecule has 4 heteroatoms. The smallest absolute Gasteiger partial charge is 0.253 e. The molecular weight excluding hydrogens is 192 g/mol. The van der Waals surface area contributed by atoms with Crippen molar-refractivity contribution in [1.82, 2.24) is 5.32 Å². The van der Waals surface area contributed by atoms with E-state index in [2.05, 4.69) is 10.6 Å². The molecule has 0 saturated heterocycles. The maximum absolute atomic E-state index is 11.8. The van der Waals surface area contributed by atoms with Gasteiger partial charge in [-0.15, -0.1) is 0 Å². The number of methoxy groups -OCH3 is 1. The van der Waals surface area contributed by atoms with Crippen molar-refractivity contribution in [3.63, 3.8) is 0 Å². The molecule has 0 aliphatic rings. The molecule has 0 radical (unpaired) electrons. The summed E-state index contributed by atoms with van der Waals surface area (Å²) in [5, 5.41) is 4.97. The minimum atomic E-state index is -2.33. The maximum Gasteiger partial charge on any atom is 0.253 e. The predicted molar refractivity (Wildman–Crippen MR) is 60.2 cm³/mol. The lowest BCUT2D eigenvalue weighted by atomic mass is 10.1. The molecule has 1 rings (SSSR count). The first-order valence-electron chi connectivity index (χ1n) is 6.08. The normalized spacial score (nSPS) is 13.5. The standard InChI is InChI=1S/C11H16N2O2/c1-12-10-6-4-3-5-9(10)11(14)13-7-8-15-2/h3-6,12H,7-8H2,1-2H3,(H,13,14)/i1D3. The Morgan fingerprint density at radius 3 is 3.07 bits per heavy atom. The summed E-state index contributed by atoms with van der Waals surface area (Å²) in [6.45, 7) is -1.55. The molecule has 15 heavy (non-hydrogen) atoms. The van der Waals surface area contributed by atoms with Crippen molar-refractivity contribution in [3.05, 3.63) is 29.8 Å². The molecule has 0 aliphatic heterocycles. The first-order valence-corrected chi connectivity index (χ1v) is 4.58. The molecule has 4 nitrogen and oxygen atoms in total. The largest absolute Gasteiger partial charge is 0.387 e. The molecule has 0 atom stereocenters. The molecule has 82 valence electrons. The van der Waals surface area contributed by atoms with Crippen molar-refractivity contribution < 1.29 is 13.6 Å². The lowest BCUT2D eigenvalue weighted by Gasteiger charge is -2.08. The van der Waals surface area contributed by atoms with E-state index in [4.69, 9.17) is 8.85 Å². The quantitative estimate of drug-likeness (QED) is 0.717. The molecule has 0 heterocycles. The Bertz CT molecular complexity index is 408. The number of benzene rings is 1. The second-order valence-corrected chi connectivity index (χ2v) is 2.92. The molecule has 0 spiro atoms.